The fraction of sp³-hybridized carbons (Fsp3) is 0.600. The van der Waals surface area contributed by atoms with Crippen molar-refractivity contribution in [2.24, 2.45) is 16.7 Å². The number of carbonyl (C=O) groups excluding carboxylic acids is 2. The van der Waals surface area contributed by atoms with E-state index in [1.807, 2.05) is 24.3 Å². The molecule has 0 heterocycles. The summed E-state index contributed by atoms with van der Waals surface area (Å²) in [5.41, 5.74) is 2.17. The first-order chi connectivity index (χ1) is 11.2. The molecule has 4 nitrogen and oxygen atoms in total. The Hall–Kier alpha value is -1.84. The van der Waals surface area contributed by atoms with Crippen molar-refractivity contribution < 1.29 is 9.59 Å². The molecule has 3 atom stereocenters. The van der Waals surface area contributed by atoms with Crippen LogP contribution in [-0.2, 0) is 11.3 Å². The summed E-state index contributed by atoms with van der Waals surface area (Å²) in [7, 11) is 0. The van der Waals surface area contributed by atoms with E-state index >= 15 is 0 Å². The predicted molar refractivity (Wildman–Crippen MR) is 94.4 cm³/mol. The molecule has 0 spiro atoms. The van der Waals surface area contributed by atoms with E-state index in [1.165, 1.54) is 19.8 Å². The summed E-state index contributed by atoms with van der Waals surface area (Å²) in [4.78, 5) is 23.6. The molecule has 4 heteroatoms. The summed E-state index contributed by atoms with van der Waals surface area (Å²) in [6, 6.07) is 7.74. The predicted octanol–water partition coefficient (Wildman–Crippen LogP) is 3.27. The van der Waals surface area contributed by atoms with Crippen LogP contribution in [-0.4, -0.2) is 17.9 Å². The molecule has 24 heavy (non-hydrogen) atoms. The molecule has 1 aromatic carbocycles. The summed E-state index contributed by atoms with van der Waals surface area (Å²) in [5.74, 6) is 0.674. The summed E-state index contributed by atoms with van der Waals surface area (Å²) >= 11 is 0. The van der Waals surface area contributed by atoms with E-state index in [1.54, 1.807) is 0 Å². The highest BCUT2D eigenvalue weighted by molar-refractivity contribution is 5.94. The van der Waals surface area contributed by atoms with Crippen LogP contribution in [0.1, 0.15) is 62.9 Å². The normalized spacial score (nSPS) is 30.2. The monoisotopic (exact) mass is 328 g/mol. The Kier molecular flexibility index (Phi) is 4.18. The number of rotatable bonds is 4. The third kappa shape index (κ3) is 2.72. The fourth-order valence-electron chi connectivity index (χ4n) is 4.66. The highest BCUT2D eigenvalue weighted by Gasteiger charge is 2.61. The second-order valence-corrected chi connectivity index (χ2v) is 8.24. The van der Waals surface area contributed by atoms with Crippen LogP contribution in [0.5, 0.6) is 0 Å². The van der Waals surface area contributed by atoms with Crippen LogP contribution in [0.2, 0.25) is 0 Å². The molecule has 2 aliphatic rings. The van der Waals surface area contributed by atoms with E-state index < -0.39 is 0 Å². The van der Waals surface area contributed by atoms with Crippen molar-refractivity contribution >= 4 is 11.8 Å². The number of hydrogen-bond acceptors (Lipinski definition) is 2. The summed E-state index contributed by atoms with van der Waals surface area (Å²) in [6.07, 6.45) is 3.58. The van der Waals surface area contributed by atoms with Crippen LogP contribution >= 0.6 is 0 Å². The number of nitrogens with one attached hydrogen (secondary N) is 2. The molecule has 0 aromatic heterocycles. The van der Waals surface area contributed by atoms with Gasteiger partial charge in [-0.3, -0.25) is 9.59 Å². The first-order valence-electron chi connectivity index (χ1n) is 8.88. The van der Waals surface area contributed by atoms with E-state index in [0.29, 0.717) is 23.4 Å². The number of amides is 2. The van der Waals surface area contributed by atoms with Gasteiger partial charge in [-0.1, -0.05) is 32.9 Å². The SMILES string of the molecule is CC(=O)NCc1ccc(C(=O)NC2CC3CCC2(C)C3(C)C)cc1. The standard InChI is InChI=1S/C20H28N2O2/c1-13(23)21-12-14-5-7-15(8-6-14)18(24)22-17-11-16-9-10-20(17,4)19(16,2)3/h5-8,16-17H,9-12H2,1-4H3,(H,21,23)(H,22,24). The zero-order valence-electron chi connectivity index (χ0n) is 15.1. The Morgan fingerprint density at radius 3 is 2.33 bits per heavy atom. The van der Waals surface area contributed by atoms with Gasteiger partial charge in [0.25, 0.3) is 5.91 Å². The maximum Gasteiger partial charge on any atom is 0.251 e. The third-order valence-corrected chi connectivity index (χ3v) is 6.86. The van der Waals surface area contributed by atoms with Gasteiger partial charge in [0.15, 0.2) is 0 Å². The molecular formula is C20H28N2O2. The Bertz CT molecular complexity index is 650. The lowest BCUT2D eigenvalue weighted by Gasteiger charge is -2.39. The molecule has 1 aromatic rings. The smallest absolute Gasteiger partial charge is 0.251 e. The van der Waals surface area contributed by atoms with Crippen LogP contribution in [0.4, 0.5) is 0 Å². The molecule has 2 fully saturated rings. The van der Waals surface area contributed by atoms with Gasteiger partial charge in [0.05, 0.1) is 0 Å². The third-order valence-electron chi connectivity index (χ3n) is 6.86. The van der Waals surface area contributed by atoms with Gasteiger partial charge in [0, 0.05) is 25.1 Å². The van der Waals surface area contributed by atoms with Crippen LogP contribution in [0.3, 0.4) is 0 Å². The quantitative estimate of drug-likeness (QED) is 0.891. The van der Waals surface area contributed by atoms with Crippen molar-refractivity contribution in [2.45, 2.75) is 59.5 Å². The molecule has 0 radical (unpaired) electrons. The number of hydrogen-bond donors (Lipinski definition) is 2. The van der Waals surface area contributed by atoms with Crippen LogP contribution in [0, 0.1) is 16.7 Å². The van der Waals surface area contributed by atoms with Crippen molar-refractivity contribution in [3.63, 3.8) is 0 Å². The molecule has 0 aliphatic heterocycles. The molecule has 130 valence electrons. The van der Waals surface area contributed by atoms with E-state index in [0.717, 1.165) is 12.0 Å². The lowest BCUT2D eigenvalue weighted by Crippen LogP contribution is -2.46. The number of carbonyl (C=O) groups is 2. The molecular weight excluding hydrogens is 300 g/mol. The average molecular weight is 328 g/mol. The van der Waals surface area contributed by atoms with Gasteiger partial charge in [0.2, 0.25) is 5.91 Å². The molecule has 0 saturated heterocycles. The number of fused-ring (bicyclic) bond motifs is 2. The van der Waals surface area contributed by atoms with Gasteiger partial charge in [-0.05, 0) is 53.7 Å². The largest absolute Gasteiger partial charge is 0.352 e. The van der Waals surface area contributed by atoms with Gasteiger partial charge in [0.1, 0.15) is 0 Å². The molecule has 2 amide bonds. The maximum atomic E-state index is 12.6. The van der Waals surface area contributed by atoms with Crippen molar-refractivity contribution in [2.75, 3.05) is 0 Å². The van der Waals surface area contributed by atoms with E-state index in [-0.39, 0.29) is 23.3 Å². The first kappa shape index (κ1) is 17.0. The van der Waals surface area contributed by atoms with Crippen molar-refractivity contribution in [1.29, 1.82) is 0 Å². The van der Waals surface area contributed by atoms with Gasteiger partial charge in [-0.15, -0.1) is 0 Å². The minimum absolute atomic E-state index is 0.00986. The van der Waals surface area contributed by atoms with Crippen molar-refractivity contribution in [3.8, 4) is 0 Å². The average Bonchev–Trinajstić information content (AvgIpc) is 2.86. The Morgan fingerprint density at radius 1 is 1.17 bits per heavy atom. The fourth-order valence-corrected chi connectivity index (χ4v) is 4.66. The zero-order chi connectivity index (χ0) is 17.5. The van der Waals surface area contributed by atoms with E-state index in [9.17, 15) is 9.59 Å². The topological polar surface area (TPSA) is 58.2 Å². The molecule has 2 aliphatic carbocycles. The molecule has 2 saturated carbocycles. The van der Waals surface area contributed by atoms with Gasteiger partial charge in [-0.2, -0.15) is 0 Å². The Morgan fingerprint density at radius 2 is 1.83 bits per heavy atom. The number of benzene rings is 1. The molecule has 3 unspecified atom stereocenters. The first-order valence-corrected chi connectivity index (χ1v) is 8.88. The Balaban J connectivity index is 1.65. The lowest BCUT2D eigenvalue weighted by atomic mass is 9.69. The second kappa shape index (κ2) is 5.91. The van der Waals surface area contributed by atoms with Crippen molar-refractivity contribution in [3.05, 3.63) is 35.4 Å². The minimum Gasteiger partial charge on any atom is -0.352 e. The highest BCUT2D eigenvalue weighted by Crippen LogP contribution is 2.65. The maximum absolute atomic E-state index is 12.6. The molecule has 3 rings (SSSR count). The Labute approximate surface area is 144 Å². The van der Waals surface area contributed by atoms with Crippen LogP contribution < -0.4 is 10.6 Å². The van der Waals surface area contributed by atoms with Crippen LogP contribution in [0.15, 0.2) is 24.3 Å². The van der Waals surface area contributed by atoms with Gasteiger partial charge >= 0.3 is 0 Å². The van der Waals surface area contributed by atoms with E-state index in [4.69, 9.17) is 0 Å². The minimum atomic E-state index is -0.0519. The second-order valence-electron chi connectivity index (χ2n) is 8.24. The highest BCUT2D eigenvalue weighted by atomic mass is 16.2. The molecule has 2 N–H and O–H groups in total. The van der Waals surface area contributed by atoms with Gasteiger partial charge in [-0.25, -0.2) is 0 Å². The molecule has 2 bridgehead atoms. The van der Waals surface area contributed by atoms with E-state index in [2.05, 4.69) is 31.4 Å². The van der Waals surface area contributed by atoms with Crippen molar-refractivity contribution in [1.82, 2.24) is 10.6 Å². The lowest BCUT2D eigenvalue weighted by molar-refractivity contribution is -0.119. The zero-order valence-corrected chi connectivity index (χ0v) is 15.1. The van der Waals surface area contributed by atoms with Gasteiger partial charge < -0.3 is 10.6 Å². The van der Waals surface area contributed by atoms with Crippen LogP contribution in [0.25, 0.3) is 0 Å². The summed E-state index contributed by atoms with van der Waals surface area (Å²) in [6.45, 7) is 9.04. The summed E-state index contributed by atoms with van der Waals surface area (Å²) < 4.78 is 0. The summed E-state index contributed by atoms with van der Waals surface area (Å²) in [5, 5.41) is 6.05.